The maximum Gasteiger partial charge on any atom is 0.285 e. The van der Waals surface area contributed by atoms with Gasteiger partial charge in [0.25, 0.3) is 5.91 Å². The minimum Gasteiger partial charge on any atom is -0.311 e. The molecule has 198 valence electrons. The number of thiocarbonyl (C=S) groups is 1. The number of aliphatic imine (C=N–C) groups is 1. The Morgan fingerprint density at radius 2 is 1.40 bits per heavy atom. The predicted molar refractivity (Wildman–Crippen MR) is 169 cm³/mol. The van der Waals surface area contributed by atoms with Gasteiger partial charge in [0.1, 0.15) is 15.4 Å². The van der Waals surface area contributed by atoms with E-state index in [0.29, 0.717) is 32.8 Å². The number of benzene rings is 3. The first-order chi connectivity index (χ1) is 19.4. The summed E-state index contributed by atoms with van der Waals surface area (Å²) in [5, 5.41) is 0.304. The first-order valence-electron chi connectivity index (χ1n) is 12.7. The molecule has 40 heavy (non-hydrogen) atoms. The number of amides is 1. The van der Waals surface area contributed by atoms with E-state index in [4.69, 9.17) is 12.2 Å². The van der Waals surface area contributed by atoms with E-state index in [9.17, 15) is 4.79 Å². The van der Waals surface area contributed by atoms with Crippen molar-refractivity contribution >= 4 is 84.9 Å². The van der Waals surface area contributed by atoms with Crippen LogP contribution in [0.2, 0.25) is 0 Å². The van der Waals surface area contributed by atoms with Crippen LogP contribution in [-0.4, -0.2) is 40.4 Å². The number of anilines is 3. The van der Waals surface area contributed by atoms with Crippen molar-refractivity contribution in [2.24, 2.45) is 4.99 Å². The Labute approximate surface area is 245 Å². The van der Waals surface area contributed by atoms with Crippen LogP contribution in [0.1, 0.15) is 18.1 Å². The summed E-state index contributed by atoms with van der Waals surface area (Å²) in [6.45, 7) is 6.57. The molecule has 5 aromatic rings. The molecule has 3 aromatic carbocycles. The first kappa shape index (κ1) is 26.2. The van der Waals surface area contributed by atoms with E-state index in [1.165, 1.54) is 27.8 Å². The van der Waals surface area contributed by atoms with E-state index in [0.717, 1.165) is 39.9 Å². The Hall–Kier alpha value is -3.99. The lowest BCUT2D eigenvalue weighted by molar-refractivity contribution is -0.119. The minimum absolute atomic E-state index is 0.206. The molecular formula is C30H24N6OS3. The number of carbonyl (C=O) groups excluding carboxylic acids is 1. The minimum atomic E-state index is -0.206. The van der Waals surface area contributed by atoms with E-state index < -0.39 is 0 Å². The Kier molecular flexibility index (Phi) is 7.14. The molecule has 10 heteroatoms. The quantitative estimate of drug-likeness (QED) is 0.190. The summed E-state index contributed by atoms with van der Waals surface area (Å²) in [7, 11) is 0. The number of hydrogen-bond donors (Lipinski definition) is 0. The van der Waals surface area contributed by atoms with E-state index >= 15 is 0 Å². The second-order valence-corrected chi connectivity index (χ2v) is 11.5. The molecule has 0 spiro atoms. The summed E-state index contributed by atoms with van der Waals surface area (Å²) < 4.78 is 9.50. The molecule has 1 saturated heterocycles. The van der Waals surface area contributed by atoms with Crippen LogP contribution in [0, 0.1) is 13.8 Å². The van der Waals surface area contributed by atoms with Gasteiger partial charge in [-0.3, -0.25) is 9.69 Å². The second-order valence-electron chi connectivity index (χ2n) is 9.34. The summed E-state index contributed by atoms with van der Waals surface area (Å²) >= 11 is 7.60. The van der Waals surface area contributed by atoms with Crippen LogP contribution in [-0.2, 0) is 4.79 Å². The zero-order valence-corrected chi connectivity index (χ0v) is 24.5. The number of nitrogens with zero attached hydrogens (tertiary/aromatic N) is 6. The highest BCUT2D eigenvalue weighted by atomic mass is 32.2. The van der Waals surface area contributed by atoms with Crippen molar-refractivity contribution in [2.45, 2.75) is 20.8 Å². The van der Waals surface area contributed by atoms with Crippen molar-refractivity contribution in [3.8, 4) is 11.1 Å². The van der Waals surface area contributed by atoms with Gasteiger partial charge in [0.05, 0.1) is 11.7 Å². The summed E-state index contributed by atoms with van der Waals surface area (Å²) in [6, 6.07) is 25.4. The third kappa shape index (κ3) is 4.90. The molecule has 1 aliphatic heterocycles. The van der Waals surface area contributed by atoms with Crippen LogP contribution in [0.3, 0.4) is 0 Å². The zero-order valence-electron chi connectivity index (χ0n) is 22.0. The Bertz CT molecular complexity index is 1720. The van der Waals surface area contributed by atoms with Crippen molar-refractivity contribution in [2.75, 3.05) is 11.4 Å². The third-order valence-corrected chi connectivity index (χ3v) is 8.50. The maximum atomic E-state index is 12.7. The lowest BCUT2D eigenvalue weighted by Crippen LogP contribution is -2.29. The van der Waals surface area contributed by atoms with Gasteiger partial charge in [0, 0.05) is 35.4 Å². The third-order valence-electron chi connectivity index (χ3n) is 6.65. The molecule has 6 rings (SSSR count). The van der Waals surface area contributed by atoms with E-state index in [1.807, 2.05) is 6.92 Å². The standard InChI is InChI=1S/C30H24N6OS3/c1-4-35-29(37)28(39-30(35)38)32-27-26-25(33-40-34-26)24(17-31-27)20-9-15-23(16-10-20)36(21-11-5-18(2)6-12-21)22-13-7-19(3)8-14-22/h5-17H,4H2,1-3H3/b32-28+. The monoisotopic (exact) mass is 580 g/mol. The van der Waals surface area contributed by atoms with Crippen LogP contribution >= 0.6 is 35.7 Å². The zero-order chi connectivity index (χ0) is 27.8. The first-order valence-corrected chi connectivity index (χ1v) is 14.7. The van der Waals surface area contributed by atoms with Gasteiger partial charge >= 0.3 is 0 Å². The maximum absolute atomic E-state index is 12.7. The molecule has 0 aliphatic carbocycles. The molecule has 1 aliphatic rings. The molecule has 0 saturated carbocycles. The molecular weight excluding hydrogens is 557 g/mol. The second kappa shape index (κ2) is 10.9. The van der Waals surface area contributed by atoms with Gasteiger partial charge < -0.3 is 4.90 Å². The average molecular weight is 581 g/mol. The Balaban J connectivity index is 1.36. The number of thioether (sulfide) groups is 1. The predicted octanol–water partition coefficient (Wildman–Crippen LogP) is 7.75. The molecule has 2 aromatic heterocycles. The normalized spacial score (nSPS) is 14.5. The summed E-state index contributed by atoms with van der Waals surface area (Å²) in [5.41, 5.74) is 8.71. The Morgan fingerprint density at radius 1 is 0.850 bits per heavy atom. The SMILES string of the molecule is CCN1C(=O)/C(=N\c2ncc(-c3ccc(N(c4ccc(C)cc4)c4ccc(C)cc4)cc3)c3nsnc23)SC1=S. The van der Waals surface area contributed by atoms with Gasteiger partial charge in [0.2, 0.25) is 0 Å². The lowest BCUT2D eigenvalue weighted by Gasteiger charge is -2.26. The van der Waals surface area contributed by atoms with Crippen molar-refractivity contribution < 1.29 is 4.79 Å². The fraction of sp³-hybridized carbons (Fsp3) is 0.133. The number of carbonyl (C=O) groups is 1. The molecule has 0 N–H and O–H groups in total. The van der Waals surface area contributed by atoms with Gasteiger partial charge in [-0.2, -0.15) is 8.75 Å². The topological polar surface area (TPSA) is 74.6 Å². The van der Waals surface area contributed by atoms with Gasteiger partial charge in [-0.25, -0.2) is 9.98 Å². The highest BCUT2D eigenvalue weighted by molar-refractivity contribution is 8.35. The Morgan fingerprint density at radius 3 is 1.95 bits per heavy atom. The van der Waals surface area contributed by atoms with Crippen LogP contribution in [0.15, 0.2) is 84.0 Å². The molecule has 3 heterocycles. The molecule has 1 amide bonds. The van der Waals surface area contributed by atoms with E-state index in [2.05, 4.69) is 110 Å². The van der Waals surface area contributed by atoms with Gasteiger partial charge in [-0.15, -0.1) is 0 Å². The van der Waals surface area contributed by atoms with Crippen LogP contribution in [0.5, 0.6) is 0 Å². The highest BCUT2D eigenvalue weighted by Crippen LogP contribution is 2.38. The lowest BCUT2D eigenvalue weighted by atomic mass is 10.0. The number of aromatic nitrogens is 3. The molecule has 1 fully saturated rings. The molecule has 0 unspecified atom stereocenters. The number of pyridine rings is 1. The average Bonchev–Trinajstić information content (AvgIpc) is 3.56. The highest BCUT2D eigenvalue weighted by Gasteiger charge is 2.33. The number of aryl methyl sites for hydroxylation is 2. The fourth-order valence-electron chi connectivity index (χ4n) is 4.50. The van der Waals surface area contributed by atoms with Crippen molar-refractivity contribution in [3.63, 3.8) is 0 Å². The summed E-state index contributed by atoms with van der Waals surface area (Å²) in [4.78, 5) is 25.5. The van der Waals surface area contributed by atoms with Crippen molar-refractivity contribution in [1.82, 2.24) is 18.6 Å². The van der Waals surface area contributed by atoms with E-state index in [-0.39, 0.29) is 5.91 Å². The van der Waals surface area contributed by atoms with E-state index in [1.54, 1.807) is 6.20 Å². The van der Waals surface area contributed by atoms with Crippen LogP contribution in [0.4, 0.5) is 22.9 Å². The fourth-order valence-corrected chi connectivity index (χ4v) is 6.32. The number of hydrogen-bond acceptors (Lipinski definition) is 9. The molecule has 0 atom stereocenters. The molecule has 7 nitrogen and oxygen atoms in total. The largest absolute Gasteiger partial charge is 0.311 e. The summed E-state index contributed by atoms with van der Waals surface area (Å²) in [5.74, 6) is 0.160. The van der Waals surface area contributed by atoms with Gasteiger partial charge in [0.15, 0.2) is 10.9 Å². The van der Waals surface area contributed by atoms with Crippen LogP contribution in [0.25, 0.3) is 22.2 Å². The van der Waals surface area contributed by atoms with Gasteiger partial charge in [-0.1, -0.05) is 59.7 Å². The molecule has 0 bridgehead atoms. The van der Waals surface area contributed by atoms with Crippen LogP contribution < -0.4 is 4.90 Å². The number of rotatable bonds is 6. The smallest absolute Gasteiger partial charge is 0.285 e. The number of fused-ring (bicyclic) bond motifs is 1. The van der Waals surface area contributed by atoms with Crippen molar-refractivity contribution in [3.05, 3.63) is 90.1 Å². The van der Waals surface area contributed by atoms with Crippen molar-refractivity contribution in [1.29, 1.82) is 0 Å². The van der Waals surface area contributed by atoms with Gasteiger partial charge in [-0.05, 0) is 74.5 Å². The molecule has 0 radical (unpaired) electrons. The summed E-state index contributed by atoms with van der Waals surface area (Å²) in [6.07, 6.45) is 1.75.